The summed E-state index contributed by atoms with van der Waals surface area (Å²) in [5.41, 5.74) is 1.55. The Morgan fingerprint density at radius 2 is 2.12 bits per heavy atom. The van der Waals surface area contributed by atoms with E-state index in [2.05, 4.69) is 4.98 Å². The van der Waals surface area contributed by atoms with Crippen LogP contribution < -0.4 is 9.47 Å². The van der Waals surface area contributed by atoms with E-state index in [1.165, 1.54) is 16.2 Å². The molecule has 4 rings (SSSR count). The zero-order valence-electron chi connectivity index (χ0n) is 14.2. The van der Waals surface area contributed by atoms with Crippen LogP contribution in [0.25, 0.3) is 10.6 Å². The van der Waals surface area contributed by atoms with E-state index in [4.69, 9.17) is 9.47 Å². The molecule has 0 radical (unpaired) electrons. The number of rotatable bonds is 6. The summed E-state index contributed by atoms with van der Waals surface area (Å²) in [5.74, 6) is 0.225. The molecule has 8 heteroatoms. The Balaban J connectivity index is 1.49. The predicted molar refractivity (Wildman–Crippen MR) is 94.3 cm³/mol. The van der Waals surface area contributed by atoms with Gasteiger partial charge in [-0.25, -0.2) is 9.78 Å². The van der Waals surface area contributed by atoms with Crippen molar-refractivity contribution in [1.82, 2.24) is 9.88 Å². The van der Waals surface area contributed by atoms with Crippen molar-refractivity contribution in [1.29, 1.82) is 0 Å². The standard InChI is InChI=1S/C18H18N2O5S/c1-10(18(22)23)20(13-3-4-13)16(21)7-12-8-26-17(19-12)11-2-5-14-15(6-11)25-9-24-14/h2,5-6,8,10,13H,3-4,7,9H2,1H3,(H,22,23). The van der Waals surface area contributed by atoms with Crippen LogP contribution in [0, 0.1) is 0 Å². The molecule has 1 fully saturated rings. The molecule has 2 heterocycles. The molecule has 0 saturated heterocycles. The van der Waals surface area contributed by atoms with Crippen LogP contribution in [0.5, 0.6) is 11.5 Å². The number of fused-ring (bicyclic) bond motifs is 1. The molecule has 0 spiro atoms. The number of amides is 1. The van der Waals surface area contributed by atoms with Crippen molar-refractivity contribution in [2.45, 2.75) is 38.3 Å². The highest BCUT2D eigenvalue weighted by molar-refractivity contribution is 7.13. The predicted octanol–water partition coefficient (Wildman–Crippen LogP) is 2.55. The van der Waals surface area contributed by atoms with Crippen LogP contribution in [-0.4, -0.2) is 45.7 Å². The highest BCUT2D eigenvalue weighted by atomic mass is 32.1. The maximum atomic E-state index is 12.6. The number of ether oxygens (including phenoxy) is 2. The third-order valence-electron chi connectivity index (χ3n) is 4.51. The minimum atomic E-state index is -0.982. The van der Waals surface area contributed by atoms with Crippen molar-refractivity contribution < 1.29 is 24.2 Å². The first kappa shape index (κ1) is 16.8. The van der Waals surface area contributed by atoms with Crippen LogP contribution >= 0.6 is 11.3 Å². The van der Waals surface area contributed by atoms with Crippen molar-refractivity contribution >= 4 is 23.2 Å². The Morgan fingerprint density at radius 3 is 2.85 bits per heavy atom. The lowest BCUT2D eigenvalue weighted by molar-refractivity contribution is -0.149. The van der Waals surface area contributed by atoms with Gasteiger partial charge in [-0.05, 0) is 38.0 Å². The number of hydrogen-bond donors (Lipinski definition) is 1. The van der Waals surface area contributed by atoms with Gasteiger partial charge >= 0.3 is 5.97 Å². The summed E-state index contributed by atoms with van der Waals surface area (Å²) < 4.78 is 10.7. The first-order valence-corrected chi connectivity index (χ1v) is 9.29. The molecular formula is C18H18N2O5S. The van der Waals surface area contributed by atoms with Crippen LogP contribution in [0.2, 0.25) is 0 Å². The van der Waals surface area contributed by atoms with E-state index in [-0.39, 0.29) is 25.2 Å². The molecule has 7 nitrogen and oxygen atoms in total. The lowest BCUT2D eigenvalue weighted by Crippen LogP contribution is -2.45. The minimum Gasteiger partial charge on any atom is -0.480 e. The van der Waals surface area contributed by atoms with E-state index in [0.29, 0.717) is 17.2 Å². The van der Waals surface area contributed by atoms with Gasteiger partial charge in [0, 0.05) is 17.0 Å². The lowest BCUT2D eigenvalue weighted by Gasteiger charge is -2.26. The first-order chi connectivity index (χ1) is 12.5. The van der Waals surface area contributed by atoms with Gasteiger partial charge in [-0.2, -0.15) is 0 Å². The van der Waals surface area contributed by atoms with Gasteiger partial charge in [0.1, 0.15) is 11.0 Å². The minimum absolute atomic E-state index is 0.0422. The molecule has 136 valence electrons. The summed E-state index contributed by atoms with van der Waals surface area (Å²) in [6, 6.07) is 4.84. The van der Waals surface area contributed by atoms with E-state index in [1.54, 1.807) is 6.92 Å². The van der Waals surface area contributed by atoms with E-state index in [0.717, 1.165) is 23.4 Å². The average molecular weight is 374 g/mol. The molecule has 1 amide bonds. The molecule has 1 atom stereocenters. The molecule has 1 aliphatic heterocycles. The highest BCUT2D eigenvalue weighted by Gasteiger charge is 2.38. The fourth-order valence-corrected chi connectivity index (χ4v) is 3.82. The van der Waals surface area contributed by atoms with E-state index >= 15 is 0 Å². The number of aliphatic carboxylic acids is 1. The fourth-order valence-electron chi connectivity index (χ4n) is 3.00. The smallest absolute Gasteiger partial charge is 0.326 e. The van der Waals surface area contributed by atoms with E-state index < -0.39 is 12.0 Å². The first-order valence-electron chi connectivity index (χ1n) is 8.41. The van der Waals surface area contributed by atoms with Gasteiger partial charge in [0.2, 0.25) is 12.7 Å². The van der Waals surface area contributed by atoms with Gasteiger partial charge in [-0.3, -0.25) is 4.79 Å². The Morgan fingerprint density at radius 1 is 1.35 bits per heavy atom. The number of carbonyl (C=O) groups is 2. The largest absolute Gasteiger partial charge is 0.480 e. The molecule has 26 heavy (non-hydrogen) atoms. The monoisotopic (exact) mass is 374 g/mol. The molecule has 1 unspecified atom stereocenters. The van der Waals surface area contributed by atoms with Crippen molar-refractivity contribution in [3.05, 3.63) is 29.3 Å². The molecule has 1 aliphatic carbocycles. The van der Waals surface area contributed by atoms with Gasteiger partial charge in [0.25, 0.3) is 0 Å². The van der Waals surface area contributed by atoms with Gasteiger partial charge in [-0.15, -0.1) is 11.3 Å². The molecule has 2 aliphatic rings. The summed E-state index contributed by atoms with van der Waals surface area (Å²) in [6.45, 7) is 1.77. The number of hydrogen-bond acceptors (Lipinski definition) is 6. The van der Waals surface area contributed by atoms with Crippen LogP contribution in [0.1, 0.15) is 25.5 Å². The SMILES string of the molecule is CC(C(=O)O)N(C(=O)Cc1csc(-c2ccc3c(c2)OCO3)n1)C1CC1. The summed E-state index contributed by atoms with van der Waals surface area (Å²) in [6.07, 6.45) is 1.83. The summed E-state index contributed by atoms with van der Waals surface area (Å²) >= 11 is 1.45. The lowest BCUT2D eigenvalue weighted by atomic mass is 10.2. The van der Waals surface area contributed by atoms with Gasteiger partial charge in [0.05, 0.1) is 12.1 Å². The molecule has 1 aromatic carbocycles. The average Bonchev–Trinajstić information content (AvgIpc) is 3.15. The van der Waals surface area contributed by atoms with Crippen LogP contribution in [0.4, 0.5) is 0 Å². The van der Waals surface area contributed by atoms with Crippen molar-refractivity contribution in [2.75, 3.05) is 6.79 Å². The maximum Gasteiger partial charge on any atom is 0.326 e. The van der Waals surface area contributed by atoms with Gasteiger partial charge < -0.3 is 19.5 Å². The second-order valence-corrected chi connectivity index (χ2v) is 7.29. The van der Waals surface area contributed by atoms with Crippen LogP contribution in [0.15, 0.2) is 23.6 Å². The third kappa shape index (κ3) is 3.24. The quantitative estimate of drug-likeness (QED) is 0.836. The van der Waals surface area contributed by atoms with Gasteiger partial charge in [0.15, 0.2) is 11.5 Å². The number of nitrogens with zero attached hydrogens (tertiary/aromatic N) is 2. The number of carboxylic acid groups (broad SMARTS) is 1. The Hall–Kier alpha value is -2.61. The van der Waals surface area contributed by atoms with Crippen molar-refractivity contribution in [2.24, 2.45) is 0 Å². The Bertz CT molecular complexity index is 861. The fraction of sp³-hybridized carbons (Fsp3) is 0.389. The molecule has 1 aromatic heterocycles. The highest BCUT2D eigenvalue weighted by Crippen LogP contribution is 2.37. The molecule has 1 saturated carbocycles. The normalized spacial score (nSPS) is 16.3. The van der Waals surface area contributed by atoms with E-state index in [9.17, 15) is 14.7 Å². The maximum absolute atomic E-state index is 12.6. The zero-order chi connectivity index (χ0) is 18.3. The summed E-state index contributed by atoms with van der Waals surface area (Å²) in [5, 5.41) is 11.9. The zero-order valence-corrected chi connectivity index (χ0v) is 15.0. The third-order valence-corrected chi connectivity index (χ3v) is 5.45. The summed E-state index contributed by atoms with van der Waals surface area (Å²) in [4.78, 5) is 29.9. The Kier molecular flexibility index (Phi) is 4.28. The number of benzene rings is 1. The second kappa shape index (κ2) is 6.60. The van der Waals surface area contributed by atoms with Crippen LogP contribution in [-0.2, 0) is 16.0 Å². The van der Waals surface area contributed by atoms with Crippen LogP contribution in [0.3, 0.4) is 0 Å². The van der Waals surface area contributed by atoms with E-state index in [1.807, 2.05) is 23.6 Å². The number of carbonyl (C=O) groups excluding carboxylic acids is 1. The van der Waals surface area contributed by atoms with Crippen molar-refractivity contribution in [3.8, 4) is 22.1 Å². The number of aromatic nitrogens is 1. The van der Waals surface area contributed by atoms with Gasteiger partial charge in [-0.1, -0.05) is 0 Å². The second-order valence-electron chi connectivity index (χ2n) is 6.44. The number of carboxylic acids is 1. The summed E-state index contributed by atoms with van der Waals surface area (Å²) in [7, 11) is 0. The molecular weight excluding hydrogens is 356 g/mol. The molecule has 0 bridgehead atoms. The Labute approximate surface area is 154 Å². The topological polar surface area (TPSA) is 89.0 Å². The number of thiazole rings is 1. The van der Waals surface area contributed by atoms with Crippen molar-refractivity contribution in [3.63, 3.8) is 0 Å². The molecule has 2 aromatic rings. The molecule has 1 N–H and O–H groups in total.